The van der Waals surface area contributed by atoms with E-state index in [0.717, 1.165) is 10.8 Å². The first-order valence-electron chi connectivity index (χ1n) is 5.63. The van der Waals surface area contributed by atoms with Gasteiger partial charge in [0.05, 0.1) is 4.34 Å². The lowest BCUT2D eigenvalue weighted by Crippen LogP contribution is -2.40. The van der Waals surface area contributed by atoms with Crippen LogP contribution in [0.2, 0.25) is 4.34 Å². The number of carbonyl (C=O) groups is 1. The standard InChI is InChI=1S/C12H19ClN2OS/c1-12(2,3)8-15-11(16)14-7-6-9-4-5-10(13)17-9/h4-5H,6-8H2,1-3H3,(H2,14,15,16). The van der Waals surface area contributed by atoms with Gasteiger partial charge in [-0.15, -0.1) is 11.3 Å². The second-order valence-corrected chi connectivity index (χ2v) is 6.93. The summed E-state index contributed by atoms with van der Waals surface area (Å²) in [5, 5.41) is 5.67. The Balaban J connectivity index is 2.16. The summed E-state index contributed by atoms with van der Waals surface area (Å²) in [4.78, 5) is 12.6. The Kier molecular flexibility index (Phi) is 5.28. The molecule has 0 fully saturated rings. The highest BCUT2D eigenvalue weighted by Crippen LogP contribution is 2.21. The minimum atomic E-state index is -0.109. The zero-order valence-corrected chi connectivity index (χ0v) is 12.0. The van der Waals surface area contributed by atoms with Gasteiger partial charge in [0, 0.05) is 18.0 Å². The van der Waals surface area contributed by atoms with Crippen molar-refractivity contribution >= 4 is 29.0 Å². The van der Waals surface area contributed by atoms with Crippen molar-refractivity contribution in [3.05, 3.63) is 21.3 Å². The molecule has 0 unspecified atom stereocenters. The molecule has 17 heavy (non-hydrogen) atoms. The maximum Gasteiger partial charge on any atom is 0.314 e. The summed E-state index contributed by atoms with van der Waals surface area (Å²) in [6, 6.07) is 3.76. The Morgan fingerprint density at radius 3 is 2.59 bits per heavy atom. The van der Waals surface area contributed by atoms with E-state index in [9.17, 15) is 4.79 Å². The molecule has 0 atom stereocenters. The Morgan fingerprint density at radius 1 is 1.35 bits per heavy atom. The van der Waals surface area contributed by atoms with Crippen LogP contribution in [0.15, 0.2) is 12.1 Å². The zero-order valence-electron chi connectivity index (χ0n) is 10.5. The van der Waals surface area contributed by atoms with E-state index in [1.54, 1.807) is 11.3 Å². The molecule has 0 aliphatic heterocycles. The number of halogens is 1. The van der Waals surface area contributed by atoms with Crippen LogP contribution in [0.4, 0.5) is 4.79 Å². The third-order valence-corrected chi connectivity index (χ3v) is 3.36. The quantitative estimate of drug-likeness (QED) is 0.869. The summed E-state index contributed by atoms with van der Waals surface area (Å²) < 4.78 is 0.789. The minimum absolute atomic E-state index is 0.109. The van der Waals surface area contributed by atoms with Gasteiger partial charge in [-0.3, -0.25) is 0 Å². The molecule has 0 saturated carbocycles. The molecule has 0 spiro atoms. The van der Waals surface area contributed by atoms with Gasteiger partial charge in [0.1, 0.15) is 0 Å². The highest BCUT2D eigenvalue weighted by molar-refractivity contribution is 7.16. The van der Waals surface area contributed by atoms with Crippen LogP contribution in [-0.2, 0) is 6.42 Å². The van der Waals surface area contributed by atoms with Crippen molar-refractivity contribution in [2.45, 2.75) is 27.2 Å². The van der Waals surface area contributed by atoms with Crippen molar-refractivity contribution < 1.29 is 4.79 Å². The van der Waals surface area contributed by atoms with Crippen LogP contribution >= 0.6 is 22.9 Å². The van der Waals surface area contributed by atoms with Crippen LogP contribution in [0, 0.1) is 5.41 Å². The van der Waals surface area contributed by atoms with Crippen LogP contribution in [0.25, 0.3) is 0 Å². The molecule has 3 nitrogen and oxygen atoms in total. The molecule has 1 rings (SSSR count). The number of hydrogen-bond donors (Lipinski definition) is 2. The molecule has 1 aromatic rings. The van der Waals surface area contributed by atoms with Gasteiger partial charge in [-0.2, -0.15) is 0 Å². The molecule has 5 heteroatoms. The molecule has 0 aliphatic carbocycles. The third kappa shape index (κ3) is 6.54. The van der Waals surface area contributed by atoms with Gasteiger partial charge in [-0.05, 0) is 24.0 Å². The summed E-state index contributed by atoms with van der Waals surface area (Å²) in [7, 11) is 0. The molecule has 96 valence electrons. The highest BCUT2D eigenvalue weighted by Gasteiger charge is 2.11. The van der Waals surface area contributed by atoms with Crippen molar-refractivity contribution in [2.75, 3.05) is 13.1 Å². The third-order valence-electron chi connectivity index (χ3n) is 2.07. The molecule has 0 bridgehead atoms. The fraction of sp³-hybridized carbons (Fsp3) is 0.583. The Bertz CT molecular complexity index is 371. The van der Waals surface area contributed by atoms with Crippen molar-refractivity contribution in [3.63, 3.8) is 0 Å². The second-order valence-electron chi connectivity index (χ2n) is 5.13. The molecule has 0 saturated heterocycles. The molecule has 1 heterocycles. The Hall–Kier alpha value is -0.740. The van der Waals surface area contributed by atoms with Gasteiger partial charge >= 0.3 is 6.03 Å². The van der Waals surface area contributed by atoms with E-state index in [4.69, 9.17) is 11.6 Å². The van der Waals surface area contributed by atoms with Crippen LogP contribution < -0.4 is 10.6 Å². The highest BCUT2D eigenvalue weighted by atomic mass is 35.5. The number of thiophene rings is 1. The van der Waals surface area contributed by atoms with E-state index in [-0.39, 0.29) is 11.4 Å². The summed E-state index contributed by atoms with van der Waals surface area (Å²) in [5.41, 5.74) is 0.110. The molecular formula is C12H19ClN2OS. The van der Waals surface area contributed by atoms with Gasteiger partial charge in [-0.1, -0.05) is 32.4 Å². The lowest BCUT2D eigenvalue weighted by Gasteiger charge is -2.18. The number of rotatable bonds is 4. The smallest absolute Gasteiger partial charge is 0.314 e. The maximum absolute atomic E-state index is 11.4. The molecule has 1 aromatic heterocycles. The second kappa shape index (κ2) is 6.26. The first-order chi connectivity index (χ1) is 7.87. The van der Waals surface area contributed by atoms with E-state index in [1.807, 2.05) is 12.1 Å². The van der Waals surface area contributed by atoms with Crippen LogP contribution in [0.3, 0.4) is 0 Å². The van der Waals surface area contributed by atoms with Crippen LogP contribution in [-0.4, -0.2) is 19.1 Å². The fourth-order valence-corrected chi connectivity index (χ4v) is 2.28. The van der Waals surface area contributed by atoms with Crippen molar-refractivity contribution in [1.82, 2.24) is 10.6 Å². The van der Waals surface area contributed by atoms with Gasteiger partial charge in [0.25, 0.3) is 0 Å². The number of hydrogen-bond acceptors (Lipinski definition) is 2. The predicted octanol–water partition coefficient (Wildman–Crippen LogP) is 3.29. The van der Waals surface area contributed by atoms with E-state index in [0.29, 0.717) is 13.1 Å². The molecule has 2 amide bonds. The first kappa shape index (κ1) is 14.3. The lowest BCUT2D eigenvalue weighted by molar-refractivity contribution is 0.235. The summed E-state index contributed by atoms with van der Waals surface area (Å²) >= 11 is 7.37. The van der Waals surface area contributed by atoms with E-state index in [2.05, 4.69) is 31.4 Å². The largest absolute Gasteiger partial charge is 0.338 e. The van der Waals surface area contributed by atoms with Gasteiger partial charge < -0.3 is 10.6 Å². The average molecular weight is 275 g/mol. The number of urea groups is 1. The Labute approximate surface area is 112 Å². The summed E-state index contributed by atoms with van der Waals surface area (Å²) in [6.07, 6.45) is 0.820. The monoisotopic (exact) mass is 274 g/mol. The zero-order chi connectivity index (χ0) is 12.9. The van der Waals surface area contributed by atoms with Gasteiger partial charge in [-0.25, -0.2) is 4.79 Å². The normalized spacial score (nSPS) is 11.3. The van der Waals surface area contributed by atoms with Crippen molar-refractivity contribution in [1.29, 1.82) is 0 Å². The Morgan fingerprint density at radius 2 is 2.06 bits per heavy atom. The average Bonchev–Trinajstić information content (AvgIpc) is 2.60. The van der Waals surface area contributed by atoms with Gasteiger partial charge in [0.2, 0.25) is 0 Å². The van der Waals surface area contributed by atoms with E-state index in [1.165, 1.54) is 4.88 Å². The first-order valence-corrected chi connectivity index (χ1v) is 6.82. The lowest BCUT2D eigenvalue weighted by atomic mass is 9.97. The fourth-order valence-electron chi connectivity index (χ4n) is 1.19. The van der Waals surface area contributed by atoms with Crippen molar-refractivity contribution in [3.8, 4) is 0 Å². The van der Waals surface area contributed by atoms with Crippen LogP contribution in [0.5, 0.6) is 0 Å². The topological polar surface area (TPSA) is 41.1 Å². The molecule has 0 aromatic carbocycles. The summed E-state index contributed by atoms with van der Waals surface area (Å²) in [5.74, 6) is 0. The maximum atomic E-state index is 11.4. The summed E-state index contributed by atoms with van der Waals surface area (Å²) in [6.45, 7) is 7.55. The number of carbonyl (C=O) groups excluding carboxylic acids is 1. The van der Waals surface area contributed by atoms with Crippen molar-refractivity contribution in [2.24, 2.45) is 5.41 Å². The van der Waals surface area contributed by atoms with Gasteiger partial charge in [0.15, 0.2) is 0 Å². The molecular weight excluding hydrogens is 256 g/mol. The predicted molar refractivity (Wildman–Crippen MR) is 73.9 cm³/mol. The van der Waals surface area contributed by atoms with E-state index < -0.39 is 0 Å². The minimum Gasteiger partial charge on any atom is -0.338 e. The molecule has 0 aliphatic rings. The molecule has 0 radical (unpaired) electrons. The number of amides is 2. The van der Waals surface area contributed by atoms with Crippen LogP contribution in [0.1, 0.15) is 25.6 Å². The SMILES string of the molecule is CC(C)(C)CNC(=O)NCCc1ccc(Cl)s1. The van der Waals surface area contributed by atoms with E-state index >= 15 is 0 Å². The number of nitrogens with one attached hydrogen (secondary N) is 2. The molecule has 2 N–H and O–H groups in total.